The number of methoxy groups -OCH3 is 1. The third-order valence-corrected chi connectivity index (χ3v) is 5.69. The van der Waals surface area contributed by atoms with Crippen LogP contribution in [0.2, 0.25) is 0 Å². The van der Waals surface area contributed by atoms with Crippen molar-refractivity contribution in [2.45, 2.75) is 6.54 Å². The number of nitrogens with one attached hydrogen (secondary N) is 1. The average molecular weight is 389 g/mol. The molecule has 0 atom stereocenters. The maximum Gasteiger partial charge on any atom is 0.226 e. The Hall–Kier alpha value is -2.74. The van der Waals surface area contributed by atoms with Crippen LogP contribution in [0.25, 0.3) is 10.2 Å². The number of anilines is 1. The van der Waals surface area contributed by atoms with Gasteiger partial charge in [-0.3, -0.25) is 4.79 Å². The maximum atomic E-state index is 13.6. The Bertz CT molecular complexity index is 982. The molecule has 8 heteroatoms. The second-order valence-electron chi connectivity index (χ2n) is 6.35. The van der Waals surface area contributed by atoms with Crippen molar-refractivity contribution in [3.8, 4) is 5.75 Å². The van der Waals surface area contributed by atoms with Crippen molar-refractivity contribution in [1.82, 2.24) is 10.3 Å². The van der Waals surface area contributed by atoms with Crippen molar-refractivity contribution in [2.24, 2.45) is 5.92 Å². The molecule has 1 saturated heterocycles. The molecule has 0 radical (unpaired) electrons. The number of benzene rings is 2. The Morgan fingerprint density at radius 2 is 2.04 bits per heavy atom. The molecule has 0 unspecified atom stereocenters. The van der Waals surface area contributed by atoms with Crippen molar-refractivity contribution in [1.29, 1.82) is 0 Å². The number of fused-ring (bicyclic) bond motifs is 1. The van der Waals surface area contributed by atoms with Crippen LogP contribution >= 0.6 is 11.3 Å². The molecule has 1 N–H and O–H groups in total. The van der Waals surface area contributed by atoms with Gasteiger partial charge in [-0.1, -0.05) is 17.4 Å². The number of aromatic nitrogens is 1. The van der Waals surface area contributed by atoms with E-state index in [0.29, 0.717) is 13.1 Å². The molecule has 4 rings (SSSR count). The van der Waals surface area contributed by atoms with Gasteiger partial charge in [0.25, 0.3) is 0 Å². The first-order valence-corrected chi connectivity index (χ1v) is 9.27. The lowest BCUT2D eigenvalue weighted by atomic mass is 10.00. The molecule has 1 fully saturated rings. The smallest absolute Gasteiger partial charge is 0.226 e. The van der Waals surface area contributed by atoms with Crippen LogP contribution in [0.4, 0.5) is 13.9 Å². The van der Waals surface area contributed by atoms with E-state index >= 15 is 0 Å². The van der Waals surface area contributed by atoms with Crippen LogP contribution in [0.15, 0.2) is 36.4 Å². The number of thiazole rings is 1. The van der Waals surface area contributed by atoms with E-state index in [1.165, 1.54) is 18.2 Å². The lowest BCUT2D eigenvalue weighted by Crippen LogP contribution is -2.53. The fourth-order valence-corrected chi connectivity index (χ4v) is 3.99. The summed E-state index contributed by atoms with van der Waals surface area (Å²) >= 11 is 1.54. The van der Waals surface area contributed by atoms with Crippen LogP contribution in [0, 0.1) is 17.6 Å². The number of amides is 1. The van der Waals surface area contributed by atoms with Gasteiger partial charge in [-0.25, -0.2) is 13.8 Å². The van der Waals surface area contributed by atoms with Gasteiger partial charge in [0, 0.05) is 25.2 Å². The SMILES string of the molecule is COc1ccc2nc(N3CC(C(=O)NCc4c(F)cccc4F)C3)sc2c1. The van der Waals surface area contributed by atoms with Crippen LogP contribution in [0.1, 0.15) is 5.56 Å². The van der Waals surface area contributed by atoms with Gasteiger partial charge in [-0.2, -0.15) is 0 Å². The van der Waals surface area contributed by atoms with Gasteiger partial charge < -0.3 is 15.0 Å². The van der Waals surface area contributed by atoms with Gasteiger partial charge in [-0.05, 0) is 30.3 Å². The Labute approximate surface area is 158 Å². The molecular weight excluding hydrogens is 372 g/mol. The summed E-state index contributed by atoms with van der Waals surface area (Å²) in [6.45, 7) is 0.903. The van der Waals surface area contributed by atoms with Gasteiger partial charge >= 0.3 is 0 Å². The number of carbonyl (C=O) groups excluding carboxylic acids is 1. The van der Waals surface area contributed by atoms with E-state index in [9.17, 15) is 13.6 Å². The zero-order chi connectivity index (χ0) is 19.0. The minimum Gasteiger partial charge on any atom is -0.497 e. The molecule has 0 saturated carbocycles. The molecule has 1 aromatic heterocycles. The number of hydrogen-bond acceptors (Lipinski definition) is 5. The van der Waals surface area contributed by atoms with Crippen molar-refractivity contribution >= 4 is 32.6 Å². The molecule has 1 aliphatic rings. The summed E-state index contributed by atoms with van der Waals surface area (Å²) in [6.07, 6.45) is 0. The highest BCUT2D eigenvalue weighted by Gasteiger charge is 2.34. The van der Waals surface area contributed by atoms with Crippen LogP contribution < -0.4 is 15.0 Å². The first-order chi connectivity index (χ1) is 13.0. The van der Waals surface area contributed by atoms with E-state index in [2.05, 4.69) is 10.3 Å². The van der Waals surface area contributed by atoms with E-state index in [1.54, 1.807) is 18.4 Å². The van der Waals surface area contributed by atoms with Crippen LogP contribution in [-0.4, -0.2) is 31.1 Å². The van der Waals surface area contributed by atoms with Gasteiger partial charge in [0.05, 0.1) is 23.2 Å². The topological polar surface area (TPSA) is 54.5 Å². The molecule has 1 amide bonds. The zero-order valence-electron chi connectivity index (χ0n) is 14.5. The third-order valence-electron chi connectivity index (χ3n) is 4.61. The minimum atomic E-state index is -0.657. The zero-order valence-corrected chi connectivity index (χ0v) is 15.4. The predicted octanol–water partition coefficient (Wildman–Crippen LogP) is 3.34. The number of carbonyl (C=O) groups is 1. The molecule has 2 aromatic carbocycles. The Morgan fingerprint density at radius 3 is 2.74 bits per heavy atom. The molecule has 2 heterocycles. The van der Waals surface area contributed by atoms with Crippen molar-refractivity contribution < 1.29 is 18.3 Å². The van der Waals surface area contributed by atoms with E-state index in [-0.39, 0.29) is 23.9 Å². The summed E-state index contributed by atoms with van der Waals surface area (Å²) in [4.78, 5) is 18.8. The van der Waals surface area contributed by atoms with Crippen LogP contribution in [-0.2, 0) is 11.3 Å². The normalized spacial score (nSPS) is 14.3. The van der Waals surface area contributed by atoms with Crippen LogP contribution in [0.5, 0.6) is 5.75 Å². The monoisotopic (exact) mass is 389 g/mol. The molecule has 0 aliphatic carbocycles. The molecular formula is C19H17F2N3O2S. The van der Waals surface area contributed by atoms with Crippen molar-refractivity contribution in [2.75, 3.05) is 25.1 Å². The van der Waals surface area contributed by atoms with Gasteiger partial charge in [0.1, 0.15) is 17.4 Å². The highest BCUT2D eigenvalue weighted by atomic mass is 32.1. The van der Waals surface area contributed by atoms with E-state index < -0.39 is 11.6 Å². The standard InChI is InChI=1S/C19H17F2N3O2S/c1-26-12-5-6-16-17(7-12)27-19(23-16)24-9-11(10-24)18(25)22-8-13-14(20)3-2-4-15(13)21/h2-7,11H,8-10H2,1H3,(H,22,25). The van der Waals surface area contributed by atoms with Crippen LogP contribution in [0.3, 0.4) is 0 Å². The lowest BCUT2D eigenvalue weighted by molar-refractivity contribution is -0.125. The third kappa shape index (κ3) is 3.44. The number of ether oxygens (including phenoxy) is 1. The molecule has 0 spiro atoms. The fraction of sp³-hybridized carbons (Fsp3) is 0.263. The number of rotatable bonds is 5. The van der Waals surface area contributed by atoms with E-state index in [1.807, 2.05) is 23.1 Å². The lowest BCUT2D eigenvalue weighted by Gasteiger charge is -2.37. The van der Waals surface area contributed by atoms with Gasteiger partial charge in [0.15, 0.2) is 5.13 Å². The number of halogens is 2. The first kappa shape index (κ1) is 17.7. The Kier molecular flexibility index (Phi) is 4.65. The number of hydrogen-bond donors (Lipinski definition) is 1. The van der Waals surface area contributed by atoms with Gasteiger partial charge in [0.2, 0.25) is 5.91 Å². The quantitative estimate of drug-likeness (QED) is 0.727. The van der Waals surface area contributed by atoms with Crippen molar-refractivity contribution in [3.63, 3.8) is 0 Å². The summed E-state index contributed by atoms with van der Waals surface area (Å²) < 4.78 is 33.5. The molecule has 0 bridgehead atoms. The molecule has 140 valence electrons. The molecule has 5 nitrogen and oxygen atoms in total. The Balaban J connectivity index is 1.35. The summed E-state index contributed by atoms with van der Waals surface area (Å²) in [5.74, 6) is -0.970. The highest BCUT2D eigenvalue weighted by Crippen LogP contribution is 2.34. The second-order valence-corrected chi connectivity index (χ2v) is 7.36. The fourth-order valence-electron chi connectivity index (χ4n) is 2.98. The predicted molar refractivity (Wildman–Crippen MR) is 100 cm³/mol. The van der Waals surface area contributed by atoms with E-state index in [0.717, 1.165) is 21.1 Å². The summed E-state index contributed by atoms with van der Waals surface area (Å²) in [5, 5.41) is 3.47. The largest absolute Gasteiger partial charge is 0.497 e. The maximum absolute atomic E-state index is 13.6. The first-order valence-electron chi connectivity index (χ1n) is 8.45. The van der Waals surface area contributed by atoms with Gasteiger partial charge in [-0.15, -0.1) is 0 Å². The average Bonchev–Trinajstić information content (AvgIpc) is 3.02. The van der Waals surface area contributed by atoms with Crippen molar-refractivity contribution in [3.05, 3.63) is 53.6 Å². The summed E-state index contributed by atoms with van der Waals surface area (Å²) in [5.41, 5.74) is 0.765. The van der Waals surface area contributed by atoms with E-state index in [4.69, 9.17) is 4.74 Å². The summed E-state index contributed by atoms with van der Waals surface area (Å²) in [7, 11) is 1.62. The molecule has 3 aromatic rings. The Morgan fingerprint density at radius 1 is 1.30 bits per heavy atom. The molecule has 1 aliphatic heterocycles. The minimum absolute atomic E-state index is 0.123. The highest BCUT2D eigenvalue weighted by molar-refractivity contribution is 7.22. The number of nitrogens with zero attached hydrogens (tertiary/aromatic N) is 2. The second kappa shape index (κ2) is 7.11. The molecule has 27 heavy (non-hydrogen) atoms. The summed E-state index contributed by atoms with van der Waals surface area (Å²) in [6, 6.07) is 9.35.